The molecule has 8 heteroatoms. The van der Waals surface area contributed by atoms with E-state index in [-0.39, 0.29) is 17.5 Å². The van der Waals surface area contributed by atoms with Gasteiger partial charge in [-0.2, -0.15) is 4.31 Å². The van der Waals surface area contributed by atoms with E-state index in [1.54, 1.807) is 59.5 Å². The zero-order valence-electron chi connectivity index (χ0n) is 14.1. The van der Waals surface area contributed by atoms with E-state index in [1.165, 1.54) is 4.31 Å². The average molecular weight is 394 g/mol. The van der Waals surface area contributed by atoms with Crippen molar-refractivity contribution < 1.29 is 13.2 Å². The van der Waals surface area contributed by atoms with Crippen LogP contribution >= 0.6 is 11.6 Å². The van der Waals surface area contributed by atoms with E-state index in [1.807, 2.05) is 0 Å². The van der Waals surface area contributed by atoms with Crippen LogP contribution in [-0.4, -0.2) is 49.8 Å². The summed E-state index contributed by atoms with van der Waals surface area (Å²) in [4.78, 5) is 14.4. The smallest absolute Gasteiger partial charge is 0.321 e. The predicted octanol–water partition coefficient (Wildman–Crippen LogP) is 3.27. The van der Waals surface area contributed by atoms with Gasteiger partial charge in [0.1, 0.15) is 0 Å². The maximum atomic E-state index is 12.7. The molecule has 1 aliphatic heterocycles. The Morgan fingerprint density at radius 2 is 1.62 bits per heavy atom. The molecule has 0 unspecified atom stereocenters. The largest absolute Gasteiger partial charge is 0.323 e. The second-order valence-corrected chi connectivity index (χ2v) is 8.37. The number of hydrogen-bond donors (Lipinski definition) is 1. The van der Waals surface area contributed by atoms with Crippen LogP contribution in [0.5, 0.6) is 0 Å². The molecule has 0 aliphatic carbocycles. The summed E-state index contributed by atoms with van der Waals surface area (Å²) in [5, 5.41) is 3.41. The number of halogens is 1. The number of benzene rings is 2. The SMILES string of the molecule is O=C(Nc1ccc(Cl)cc1)N1CCCN(S(=O)(=O)c2ccccc2)CC1. The number of carbonyl (C=O) groups excluding carboxylic acids is 1. The van der Waals surface area contributed by atoms with E-state index in [2.05, 4.69) is 5.32 Å². The van der Waals surface area contributed by atoms with Crippen LogP contribution < -0.4 is 5.32 Å². The molecule has 2 aromatic carbocycles. The molecule has 1 aliphatic rings. The molecule has 1 fully saturated rings. The summed E-state index contributed by atoms with van der Waals surface area (Å²) in [6.45, 7) is 1.50. The lowest BCUT2D eigenvalue weighted by atomic mass is 10.3. The lowest BCUT2D eigenvalue weighted by molar-refractivity contribution is 0.214. The van der Waals surface area contributed by atoms with Crippen LogP contribution in [0.3, 0.4) is 0 Å². The minimum absolute atomic E-state index is 0.244. The third kappa shape index (κ3) is 4.35. The first-order chi connectivity index (χ1) is 12.5. The second-order valence-electron chi connectivity index (χ2n) is 5.99. The maximum Gasteiger partial charge on any atom is 0.321 e. The number of sulfonamides is 1. The van der Waals surface area contributed by atoms with E-state index in [4.69, 9.17) is 11.6 Å². The van der Waals surface area contributed by atoms with Crippen molar-refractivity contribution in [3.8, 4) is 0 Å². The van der Waals surface area contributed by atoms with Gasteiger partial charge < -0.3 is 10.2 Å². The molecule has 0 bridgehead atoms. The fourth-order valence-corrected chi connectivity index (χ4v) is 4.43. The number of hydrogen-bond acceptors (Lipinski definition) is 3. The van der Waals surface area contributed by atoms with Crippen LogP contribution in [0.1, 0.15) is 6.42 Å². The van der Waals surface area contributed by atoms with Gasteiger partial charge in [-0.1, -0.05) is 29.8 Å². The molecule has 2 aromatic rings. The van der Waals surface area contributed by atoms with Crippen molar-refractivity contribution in [2.75, 3.05) is 31.5 Å². The molecular formula is C18H20ClN3O3S. The van der Waals surface area contributed by atoms with Gasteiger partial charge in [0.15, 0.2) is 0 Å². The number of carbonyl (C=O) groups is 1. The Morgan fingerprint density at radius 3 is 2.31 bits per heavy atom. The summed E-state index contributed by atoms with van der Waals surface area (Å²) in [7, 11) is -3.54. The molecule has 1 N–H and O–H groups in total. The number of amides is 2. The number of rotatable bonds is 3. The Bertz CT molecular complexity index is 857. The van der Waals surface area contributed by atoms with Crippen molar-refractivity contribution in [1.29, 1.82) is 0 Å². The van der Waals surface area contributed by atoms with Crippen molar-refractivity contribution in [2.45, 2.75) is 11.3 Å². The Balaban J connectivity index is 1.64. The van der Waals surface area contributed by atoms with Gasteiger partial charge in [0.2, 0.25) is 10.0 Å². The Hall–Kier alpha value is -2.09. The Kier molecular flexibility index (Phi) is 5.80. The highest BCUT2D eigenvalue weighted by Crippen LogP contribution is 2.18. The van der Waals surface area contributed by atoms with Crippen LogP contribution in [0.4, 0.5) is 10.5 Å². The van der Waals surface area contributed by atoms with Gasteiger partial charge in [-0.15, -0.1) is 0 Å². The highest BCUT2D eigenvalue weighted by molar-refractivity contribution is 7.89. The summed E-state index contributed by atoms with van der Waals surface area (Å²) >= 11 is 5.84. The van der Waals surface area contributed by atoms with Gasteiger partial charge in [-0.25, -0.2) is 13.2 Å². The Morgan fingerprint density at radius 1 is 0.923 bits per heavy atom. The second kappa shape index (κ2) is 8.07. The third-order valence-electron chi connectivity index (χ3n) is 4.22. The molecule has 0 spiro atoms. The van der Waals surface area contributed by atoms with E-state index in [0.29, 0.717) is 36.8 Å². The molecule has 0 radical (unpaired) electrons. The summed E-state index contributed by atoms with van der Waals surface area (Å²) in [5.74, 6) is 0. The standard InChI is InChI=1S/C18H20ClN3O3S/c19-15-7-9-16(10-8-15)20-18(23)21-11-4-12-22(14-13-21)26(24,25)17-5-2-1-3-6-17/h1-3,5-10H,4,11-14H2,(H,20,23). The van der Waals surface area contributed by atoms with Gasteiger partial charge in [-0.05, 0) is 42.8 Å². The van der Waals surface area contributed by atoms with Gasteiger partial charge in [0.25, 0.3) is 0 Å². The molecule has 26 heavy (non-hydrogen) atoms. The molecule has 0 saturated carbocycles. The van der Waals surface area contributed by atoms with Crippen LogP contribution in [0.25, 0.3) is 0 Å². The minimum Gasteiger partial charge on any atom is -0.323 e. The van der Waals surface area contributed by atoms with Crippen molar-refractivity contribution in [3.63, 3.8) is 0 Å². The van der Waals surface area contributed by atoms with Gasteiger partial charge >= 0.3 is 6.03 Å². The van der Waals surface area contributed by atoms with E-state index >= 15 is 0 Å². The lowest BCUT2D eigenvalue weighted by Crippen LogP contribution is -2.39. The molecule has 1 heterocycles. The normalized spacial score (nSPS) is 16.1. The molecule has 138 valence electrons. The highest BCUT2D eigenvalue weighted by Gasteiger charge is 2.28. The summed E-state index contributed by atoms with van der Waals surface area (Å²) in [6, 6.07) is 15.0. The van der Waals surface area contributed by atoms with E-state index in [9.17, 15) is 13.2 Å². The molecular weight excluding hydrogens is 374 g/mol. The molecule has 6 nitrogen and oxygen atoms in total. The van der Waals surface area contributed by atoms with Gasteiger partial charge in [0, 0.05) is 36.9 Å². The third-order valence-corrected chi connectivity index (χ3v) is 6.38. The Labute approximate surface area is 158 Å². The zero-order valence-corrected chi connectivity index (χ0v) is 15.7. The number of anilines is 1. The lowest BCUT2D eigenvalue weighted by Gasteiger charge is -2.22. The first kappa shape index (κ1) is 18.7. The van der Waals surface area contributed by atoms with Crippen LogP contribution in [-0.2, 0) is 10.0 Å². The van der Waals surface area contributed by atoms with Crippen molar-refractivity contribution in [2.24, 2.45) is 0 Å². The van der Waals surface area contributed by atoms with Crippen LogP contribution in [0, 0.1) is 0 Å². The fraction of sp³-hybridized carbons (Fsp3) is 0.278. The molecule has 0 atom stereocenters. The van der Waals surface area contributed by atoms with E-state index in [0.717, 1.165) is 0 Å². The summed E-state index contributed by atoms with van der Waals surface area (Å²) in [5.41, 5.74) is 0.650. The summed E-state index contributed by atoms with van der Waals surface area (Å²) in [6.07, 6.45) is 0.583. The molecule has 3 rings (SSSR count). The van der Waals surface area contributed by atoms with Gasteiger partial charge in [-0.3, -0.25) is 0 Å². The van der Waals surface area contributed by atoms with Gasteiger partial charge in [0.05, 0.1) is 4.90 Å². The monoisotopic (exact) mass is 393 g/mol. The molecule has 2 amide bonds. The quantitative estimate of drug-likeness (QED) is 0.870. The summed E-state index contributed by atoms with van der Waals surface area (Å²) < 4.78 is 26.9. The number of urea groups is 1. The first-order valence-corrected chi connectivity index (χ1v) is 10.2. The molecule has 1 saturated heterocycles. The van der Waals surface area contributed by atoms with E-state index < -0.39 is 10.0 Å². The zero-order chi connectivity index (χ0) is 18.6. The van der Waals surface area contributed by atoms with Crippen molar-refractivity contribution in [1.82, 2.24) is 9.21 Å². The highest BCUT2D eigenvalue weighted by atomic mass is 35.5. The maximum absolute atomic E-state index is 12.7. The van der Waals surface area contributed by atoms with Crippen molar-refractivity contribution in [3.05, 3.63) is 59.6 Å². The van der Waals surface area contributed by atoms with Crippen LogP contribution in [0.2, 0.25) is 5.02 Å². The fourth-order valence-electron chi connectivity index (χ4n) is 2.81. The molecule has 0 aromatic heterocycles. The van der Waals surface area contributed by atoms with Crippen LogP contribution in [0.15, 0.2) is 59.5 Å². The number of nitrogens with one attached hydrogen (secondary N) is 1. The first-order valence-electron chi connectivity index (χ1n) is 8.33. The number of nitrogens with zero attached hydrogens (tertiary/aromatic N) is 2. The van der Waals surface area contributed by atoms with Crippen molar-refractivity contribution >= 4 is 33.3 Å². The predicted molar refractivity (Wildman–Crippen MR) is 102 cm³/mol. The topological polar surface area (TPSA) is 69.7 Å². The minimum atomic E-state index is -3.54. The average Bonchev–Trinajstić information content (AvgIpc) is 2.91.